The molecule has 1 heterocycles. The van der Waals surface area contributed by atoms with Crippen LogP contribution in [0.25, 0.3) is 0 Å². The first-order valence-corrected chi connectivity index (χ1v) is 6.80. The average Bonchev–Trinajstić information content (AvgIpc) is 2.61. The Kier molecular flexibility index (Phi) is 4.00. The van der Waals surface area contributed by atoms with Crippen molar-refractivity contribution < 1.29 is 18.0 Å². The zero-order valence-corrected chi connectivity index (χ0v) is 11.9. The van der Waals surface area contributed by atoms with Crippen LogP contribution in [0.15, 0.2) is 18.2 Å². The maximum Gasteiger partial charge on any atom is 0.471 e. The first-order chi connectivity index (χ1) is 9.20. The number of amides is 1. The lowest BCUT2D eigenvalue weighted by Crippen LogP contribution is -2.44. The number of carbonyl (C=O) groups excluding carboxylic acids is 1. The van der Waals surface area contributed by atoms with Gasteiger partial charge < -0.3 is 4.90 Å². The Morgan fingerprint density at radius 1 is 1.50 bits per heavy atom. The van der Waals surface area contributed by atoms with Crippen LogP contribution in [0, 0.1) is 0 Å². The minimum Gasteiger partial charge on any atom is -0.301 e. The van der Waals surface area contributed by atoms with Crippen LogP contribution >= 0.6 is 11.6 Å². The minimum absolute atomic E-state index is 0.0419. The quantitative estimate of drug-likeness (QED) is 0.763. The molecule has 110 valence electrons. The number of rotatable bonds is 2. The molecule has 6 heteroatoms. The van der Waals surface area contributed by atoms with Gasteiger partial charge in [0.15, 0.2) is 0 Å². The molecule has 0 spiro atoms. The van der Waals surface area contributed by atoms with E-state index in [-0.39, 0.29) is 5.38 Å². The Hall–Kier alpha value is -1.23. The predicted octanol–water partition coefficient (Wildman–Crippen LogP) is 3.70. The highest BCUT2D eigenvalue weighted by Gasteiger charge is 2.46. The van der Waals surface area contributed by atoms with E-state index in [1.165, 1.54) is 0 Å². The van der Waals surface area contributed by atoms with Crippen molar-refractivity contribution in [1.29, 1.82) is 0 Å². The second kappa shape index (κ2) is 5.28. The van der Waals surface area contributed by atoms with E-state index >= 15 is 0 Å². The fourth-order valence-corrected chi connectivity index (χ4v) is 2.76. The number of halogens is 4. The summed E-state index contributed by atoms with van der Waals surface area (Å²) < 4.78 is 37.8. The van der Waals surface area contributed by atoms with E-state index in [9.17, 15) is 18.0 Å². The summed E-state index contributed by atoms with van der Waals surface area (Å²) in [7, 11) is 0. The monoisotopic (exact) mass is 305 g/mol. The molecule has 20 heavy (non-hydrogen) atoms. The Labute approximate surface area is 120 Å². The third-order valence-electron chi connectivity index (χ3n) is 3.34. The van der Waals surface area contributed by atoms with Gasteiger partial charge in [0, 0.05) is 17.1 Å². The van der Waals surface area contributed by atoms with E-state index in [1.54, 1.807) is 19.1 Å². The highest BCUT2D eigenvalue weighted by molar-refractivity contribution is 6.20. The smallest absolute Gasteiger partial charge is 0.301 e. The summed E-state index contributed by atoms with van der Waals surface area (Å²) in [4.78, 5) is 12.3. The van der Waals surface area contributed by atoms with Gasteiger partial charge in [0.25, 0.3) is 0 Å². The molecule has 0 N–H and O–H groups in total. The number of benzene rings is 1. The summed E-state index contributed by atoms with van der Waals surface area (Å²) in [6, 6.07) is 4.67. The molecule has 1 amide bonds. The molecule has 2 unspecified atom stereocenters. The maximum atomic E-state index is 12.6. The number of fused-ring (bicyclic) bond motifs is 1. The normalized spacial score (nSPS) is 19.9. The highest BCUT2D eigenvalue weighted by atomic mass is 35.5. The van der Waals surface area contributed by atoms with Crippen molar-refractivity contribution in [3.05, 3.63) is 29.3 Å². The van der Waals surface area contributed by atoms with Gasteiger partial charge in [0.1, 0.15) is 0 Å². The summed E-state index contributed by atoms with van der Waals surface area (Å²) in [5.74, 6) is -1.80. The van der Waals surface area contributed by atoms with Gasteiger partial charge in [0.2, 0.25) is 0 Å². The Balaban J connectivity index is 2.32. The summed E-state index contributed by atoms with van der Waals surface area (Å²) >= 11 is 5.92. The zero-order valence-electron chi connectivity index (χ0n) is 11.2. The number of anilines is 1. The molecule has 0 bridgehead atoms. The van der Waals surface area contributed by atoms with Crippen LogP contribution in [-0.4, -0.2) is 23.5 Å². The van der Waals surface area contributed by atoms with Crippen molar-refractivity contribution in [3.63, 3.8) is 0 Å². The SMILES string of the molecule is CC(Cl)Cc1ccc2c(c1)CC(C)N2C(=O)C(F)(F)F. The van der Waals surface area contributed by atoms with E-state index in [1.807, 2.05) is 13.0 Å². The second-order valence-corrected chi connectivity index (χ2v) is 5.92. The number of hydrogen-bond acceptors (Lipinski definition) is 1. The number of carbonyl (C=O) groups is 1. The third-order valence-corrected chi connectivity index (χ3v) is 3.49. The summed E-state index contributed by atoms with van der Waals surface area (Å²) in [5.41, 5.74) is 2.09. The van der Waals surface area contributed by atoms with Crippen LogP contribution < -0.4 is 4.90 Å². The Bertz CT molecular complexity index is 528. The lowest BCUT2D eigenvalue weighted by Gasteiger charge is -2.23. The molecule has 0 aliphatic carbocycles. The van der Waals surface area contributed by atoms with Crippen molar-refractivity contribution >= 4 is 23.2 Å². The van der Waals surface area contributed by atoms with E-state index in [0.29, 0.717) is 18.5 Å². The lowest BCUT2D eigenvalue weighted by atomic mass is 10.0. The molecule has 0 saturated carbocycles. The minimum atomic E-state index is -4.85. The standard InChI is InChI=1S/C14H15ClF3NO/c1-8(15)5-10-3-4-12-11(7-10)6-9(2)19(12)13(20)14(16,17)18/h3-4,7-9H,5-6H2,1-2H3. The van der Waals surface area contributed by atoms with Crippen LogP contribution in [-0.2, 0) is 17.6 Å². The summed E-state index contributed by atoms with van der Waals surface area (Å²) in [6.07, 6.45) is -3.77. The summed E-state index contributed by atoms with van der Waals surface area (Å²) in [5, 5.41) is -0.0419. The van der Waals surface area contributed by atoms with Crippen molar-refractivity contribution in [2.45, 2.75) is 44.3 Å². The molecule has 1 aromatic rings. The van der Waals surface area contributed by atoms with E-state index in [2.05, 4.69) is 0 Å². The Morgan fingerprint density at radius 2 is 2.15 bits per heavy atom. The molecule has 0 fully saturated rings. The zero-order chi connectivity index (χ0) is 15.1. The molecule has 2 rings (SSSR count). The molecule has 0 aromatic heterocycles. The highest BCUT2D eigenvalue weighted by Crippen LogP contribution is 2.36. The third kappa shape index (κ3) is 2.92. The molecule has 0 radical (unpaired) electrons. The second-order valence-electron chi connectivity index (χ2n) is 5.17. The maximum absolute atomic E-state index is 12.6. The van der Waals surface area contributed by atoms with Gasteiger partial charge in [-0.25, -0.2) is 0 Å². The van der Waals surface area contributed by atoms with Gasteiger partial charge in [-0.1, -0.05) is 12.1 Å². The van der Waals surface area contributed by atoms with Crippen LogP contribution in [0.4, 0.5) is 18.9 Å². The van der Waals surface area contributed by atoms with E-state index < -0.39 is 18.1 Å². The van der Waals surface area contributed by atoms with Crippen LogP contribution in [0.5, 0.6) is 0 Å². The molecule has 2 atom stereocenters. The van der Waals surface area contributed by atoms with Crippen LogP contribution in [0.1, 0.15) is 25.0 Å². The van der Waals surface area contributed by atoms with Gasteiger partial charge in [0.05, 0.1) is 0 Å². The molecule has 1 aliphatic heterocycles. The van der Waals surface area contributed by atoms with Crippen LogP contribution in [0.3, 0.4) is 0 Å². The molecule has 2 nitrogen and oxygen atoms in total. The lowest BCUT2D eigenvalue weighted by molar-refractivity contribution is -0.170. The topological polar surface area (TPSA) is 20.3 Å². The van der Waals surface area contributed by atoms with E-state index in [0.717, 1.165) is 16.0 Å². The Morgan fingerprint density at radius 3 is 2.70 bits per heavy atom. The molecule has 1 aromatic carbocycles. The van der Waals surface area contributed by atoms with Crippen molar-refractivity contribution in [3.8, 4) is 0 Å². The fraction of sp³-hybridized carbons (Fsp3) is 0.500. The first kappa shape index (κ1) is 15.2. The largest absolute Gasteiger partial charge is 0.471 e. The van der Waals surface area contributed by atoms with Crippen LogP contribution in [0.2, 0.25) is 0 Å². The van der Waals surface area contributed by atoms with E-state index in [4.69, 9.17) is 11.6 Å². The predicted molar refractivity (Wildman–Crippen MR) is 72.2 cm³/mol. The molecule has 1 aliphatic rings. The first-order valence-electron chi connectivity index (χ1n) is 6.36. The number of alkyl halides is 4. The molecular weight excluding hydrogens is 291 g/mol. The fourth-order valence-electron chi connectivity index (χ4n) is 2.58. The van der Waals surface area contributed by atoms with Gasteiger partial charge in [-0.15, -0.1) is 11.6 Å². The average molecular weight is 306 g/mol. The summed E-state index contributed by atoms with van der Waals surface area (Å²) in [6.45, 7) is 3.48. The van der Waals surface area contributed by atoms with Crippen molar-refractivity contribution in [1.82, 2.24) is 0 Å². The molecular formula is C14H15ClF3NO. The van der Waals surface area contributed by atoms with Gasteiger partial charge in [-0.3, -0.25) is 4.79 Å². The van der Waals surface area contributed by atoms with Gasteiger partial charge in [-0.05, 0) is 43.9 Å². The van der Waals surface area contributed by atoms with Crippen molar-refractivity contribution in [2.24, 2.45) is 0 Å². The van der Waals surface area contributed by atoms with Gasteiger partial charge >= 0.3 is 12.1 Å². The van der Waals surface area contributed by atoms with Gasteiger partial charge in [-0.2, -0.15) is 13.2 Å². The number of nitrogens with zero attached hydrogens (tertiary/aromatic N) is 1. The van der Waals surface area contributed by atoms with Crippen molar-refractivity contribution in [2.75, 3.05) is 4.90 Å². The number of hydrogen-bond donors (Lipinski definition) is 0. The molecule has 0 saturated heterocycles.